The molecule has 0 radical (unpaired) electrons. The molecule has 28 heavy (non-hydrogen) atoms. The molecule has 1 saturated heterocycles. The Labute approximate surface area is 164 Å². The first kappa shape index (κ1) is 18.2. The Bertz CT molecular complexity index is 935. The maximum atomic E-state index is 12.4. The molecule has 1 atom stereocenters. The number of nitrogens with zero attached hydrogens (tertiary/aromatic N) is 4. The maximum absolute atomic E-state index is 12.4. The number of hydrogen-bond donors (Lipinski definition) is 0. The van der Waals surface area contributed by atoms with Gasteiger partial charge in [0.15, 0.2) is 5.82 Å². The number of carbonyl (C=O) groups is 1. The number of anilines is 1. The zero-order chi connectivity index (χ0) is 19.5. The van der Waals surface area contributed by atoms with Crippen molar-refractivity contribution in [1.29, 1.82) is 0 Å². The van der Waals surface area contributed by atoms with E-state index < -0.39 is 0 Å². The van der Waals surface area contributed by atoms with Crippen LogP contribution in [-0.4, -0.2) is 48.1 Å². The minimum Gasteiger partial charge on any atom is -0.378 e. The highest BCUT2D eigenvalue weighted by atomic mass is 16.5. The van der Waals surface area contributed by atoms with Gasteiger partial charge in [-0.15, -0.1) is 0 Å². The highest BCUT2D eigenvalue weighted by Crippen LogP contribution is 2.29. The smallest absolute Gasteiger partial charge is 0.257 e. The Morgan fingerprint density at radius 2 is 1.86 bits per heavy atom. The summed E-state index contributed by atoms with van der Waals surface area (Å²) in [5.74, 6) is 1.25. The maximum Gasteiger partial charge on any atom is 0.257 e. The van der Waals surface area contributed by atoms with Gasteiger partial charge in [0.05, 0.1) is 0 Å². The third-order valence-corrected chi connectivity index (χ3v) is 5.17. The van der Waals surface area contributed by atoms with Crippen molar-refractivity contribution in [3.05, 3.63) is 66.0 Å². The lowest BCUT2D eigenvalue weighted by Gasteiger charge is -2.15. The van der Waals surface area contributed by atoms with Gasteiger partial charge in [0.2, 0.25) is 5.91 Å². The molecule has 2 aromatic carbocycles. The van der Waals surface area contributed by atoms with Crippen molar-refractivity contribution in [2.24, 2.45) is 0 Å². The van der Waals surface area contributed by atoms with Gasteiger partial charge in [-0.05, 0) is 36.2 Å². The molecule has 1 amide bonds. The number of aromatic nitrogens is 2. The van der Waals surface area contributed by atoms with Gasteiger partial charge in [0.25, 0.3) is 5.89 Å². The molecule has 1 aliphatic heterocycles. The molecule has 1 fully saturated rings. The van der Waals surface area contributed by atoms with Crippen molar-refractivity contribution in [2.45, 2.75) is 18.8 Å². The molecule has 6 heteroatoms. The van der Waals surface area contributed by atoms with Gasteiger partial charge in [-0.1, -0.05) is 35.5 Å². The van der Waals surface area contributed by atoms with Crippen LogP contribution >= 0.6 is 0 Å². The first-order chi connectivity index (χ1) is 13.6. The van der Waals surface area contributed by atoms with Crippen molar-refractivity contribution < 1.29 is 9.32 Å². The lowest BCUT2D eigenvalue weighted by molar-refractivity contribution is -0.127. The van der Waals surface area contributed by atoms with E-state index in [0.29, 0.717) is 24.7 Å². The van der Waals surface area contributed by atoms with E-state index in [4.69, 9.17) is 4.52 Å². The van der Waals surface area contributed by atoms with Crippen molar-refractivity contribution in [1.82, 2.24) is 15.0 Å². The summed E-state index contributed by atoms with van der Waals surface area (Å²) in [5.41, 5.74) is 3.23. The number of rotatable bonds is 6. The summed E-state index contributed by atoms with van der Waals surface area (Å²) in [6.07, 6.45) is 1.29. The van der Waals surface area contributed by atoms with Crippen LogP contribution in [0.1, 0.15) is 23.7 Å². The Hall–Kier alpha value is -3.15. The fraction of sp³-hybridized carbons (Fsp3) is 0.318. The highest BCUT2D eigenvalue weighted by molar-refractivity contribution is 5.79. The van der Waals surface area contributed by atoms with E-state index in [1.807, 2.05) is 66.4 Å². The van der Waals surface area contributed by atoms with Gasteiger partial charge < -0.3 is 14.3 Å². The SMILES string of the molecule is CN(C)c1ccc(-c2nc(C3CC(=O)N(CCc4ccccc4)C3)no2)cc1. The van der Waals surface area contributed by atoms with Crippen LogP contribution in [0, 0.1) is 0 Å². The van der Waals surface area contributed by atoms with E-state index >= 15 is 0 Å². The summed E-state index contributed by atoms with van der Waals surface area (Å²) in [4.78, 5) is 20.9. The molecule has 144 valence electrons. The van der Waals surface area contributed by atoms with Gasteiger partial charge in [0.1, 0.15) is 0 Å². The van der Waals surface area contributed by atoms with E-state index in [-0.39, 0.29) is 11.8 Å². The van der Waals surface area contributed by atoms with Crippen LogP contribution in [0.15, 0.2) is 59.1 Å². The van der Waals surface area contributed by atoms with Crippen molar-refractivity contribution in [3.63, 3.8) is 0 Å². The molecule has 0 N–H and O–H groups in total. The molecule has 3 aromatic rings. The van der Waals surface area contributed by atoms with Gasteiger partial charge in [0, 0.05) is 50.8 Å². The minimum absolute atomic E-state index is 0.0122. The van der Waals surface area contributed by atoms with Crippen LogP contribution < -0.4 is 4.90 Å². The van der Waals surface area contributed by atoms with E-state index in [2.05, 4.69) is 22.3 Å². The summed E-state index contributed by atoms with van der Waals surface area (Å²) < 4.78 is 5.46. The molecule has 0 bridgehead atoms. The Morgan fingerprint density at radius 1 is 1.11 bits per heavy atom. The molecule has 4 rings (SSSR count). The molecule has 6 nitrogen and oxygen atoms in total. The predicted octanol–water partition coefficient (Wildman–Crippen LogP) is 3.36. The topological polar surface area (TPSA) is 62.5 Å². The monoisotopic (exact) mass is 376 g/mol. The predicted molar refractivity (Wildman–Crippen MR) is 108 cm³/mol. The number of hydrogen-bond acceptors (Lipinski definition) is 5. The van der Waals surface area contributed by atoms with Crippen LogP contribution in [-0.2, 0) is 11.2 Å². The number of amides is 1. The standard InChI is InChI=1S/C22H24N4O2/c1-25(2)19-10-8-17(9-11-19)22-23-21(24-28-22)18-14-20(27)26(15-18)13-12-16-6-4-3-5-7-16/h3-11,18H,12-15H2,1-2H3. The van der Waals surface area contributed by atoms with Crippen LogP contribution in [0.4, 0.5) is 5.69 Å². The second kappa shape index (κ2) is 7.84. The molecule has 1 unspecified atom stereocenters. The van der Waals surface area contributed by atoms with E-state index in [9.17, 15) is 4.79 Å². The largest absolute Gasteiger partial charge is 0.378 e. The summed E-state index contributed by atoms with van der Waals surface area (Å²) in [6.45, 7) is 1.36. The zero-order valence-corrected chi connectivity index (χ0v) is 16.2. The molecule has 1 aromatic heterocycles. The van der Waals surface area contributed by atoms with Crippen molar-refractivity contribution >= 4 is 11.6 Å². The number of carbonyl (C=O) groups excluding carboxylic acids is 1. The fourth-order valence-corrected chi connectivity index (χ4v) is 3.49. The minimum atomic E-state index is -0.0122. The average molecular weight is 376 g/mol. The summed E-state index contributed by atoms with van der Waals surface area (Å²) in [5, 5.41) is 4.14. The molecule has 0 spiro atoms. The fourth-order valence-electron chi connectivity index (χ4n) is 3.49. The summed E-state index contributed by atoms with van der Waals surface area (Å²) in [6, 6.07) is 18.2. The van der Waals surface area contributed by atoms with Crippen molar-refractivity contribution in [2.75, 3.05) is 32.1 Å². The number of likely N-dealkylation sites (tertiary alicyclic amines) is 1. The molecular formula is C22H24N4O2. The van der Waals surface area contributed by atoms with E-state index in [1.165, 1.54) is 5.56 Å². The van der Waals surface area contributed by atoms with Gasteiger partial charge in [-0.3, -0.25) is 4.79 Å². The van der Waals surface area contributed by atoms with Gasteiger partial charge in [-0.2, -0.15) is 4.98 Å². The van der Waals surface area contributed by atoms with Crippen LogP contribution in [0.5, 0.6) is 0 Å². The molecule has 2 heterocycles. The zero-order valence-electron chi connectivity index (χ0n) is 16.2. The molecule has 0 aliphatic carbocycles. The van der Waals surface area contributed by atoms with Crippen LogP contribution in [0.25, 0.3) is 11.5 Å². The van der Waals surface area contributed by atoms with Crippen LogP contribution in [0.3, 0.4) is 0 Å². The number of benzene rings is 2. The summed E-state index contributed by atoms with van der Waals surface area (Å²) >= 11 is 0. The Morgan fingerprint density at radius 3 is 2.57 bits per heavy atom. The van der Waals surface area contributed by atoms with E-state index in [0.717, 1.165) is 24.2 Å². The van der Waals surface area contributed by atoms with Crippen LogP contribution in [0.2, 0.25) is 0 Å². The Kier molecular flexibility index (Phi) is 5.10. The average Bonchev–Trinajstić information content (AvgIpc) is 3.34. The van der Waals surface area contributed by atoms with E-state index in [1.54, 1.807) is 0 Å². The third-order valence-electron chi connectivity index (χ3n) is 5.17. The van der Waals surface area contributed by atoms with Gasteiger partial charge >= 0.3 is 0 Å². The normalized spacial score (nSPS) is 16.6. The highest BCUT2D eigenvalue weighted by Gasteiger charge is 2.33. The first-order valence-corrected chi connectivity index (χ1v) is 9.53. The Balaban J connectivity index is 1.40. The molecule has 0 saturated carbocycles. The lowest BCUT2D eigenvalue weighted by atomic mass is 10.1. The second-order valence-corrected chi connectivity index (χ2v) is 7.38. The van der Waals surface area contributed by atoms with Crippen molar-refractivity contribution in [3.8, 4) is 11.5 Å². The van der Waals surface area contributed by atoms with Gasteiger partial charge in [-0.25, -0.2) is 0 Å². The lowest BCUT2D eigenvalue weighted by Crippen LogP contribution is -2.27. The summed E-state index contributed by atoms with van der Waals surface area (Å²) in [7, 11) is 4.00. The molecular weight excluding hydrogens is 352 g/mol. The first-order valence-electron chi connectivity index (χ1n) is 9.53. The molecule has 1 aliphatic rings. The quantitative estimate of drug-likeness (QED) is 0.660. The second-order valence-electron chi connectivity index (χ2n) is 7.38. The third kappa shape index (κ3) is 3.91.